The minimum absolute atomic E-state index is 0.0395. The number of halogens is 4. The summed E-state index contributed by atoms with van der Waals surface area (Å²) >= 11 is 0. The lowest BCUT2D eigenvalue weighted by Gasteiger charge is -2.08. The zero-order chi connectivity index (χ0) is 23.0. The van der Waals surface area contributed by atoms with Gasteiger partial charge in [0, 0.05) is 6.07 Å². The van der Waals surface area contributed by atoms with Crippen LogP contribution in [0.3, 0.4) is 0 Å². The Hall–Kier alpha value is -3.79. The molecule has 10 heteroatoms. The molecule has 0 aliphatic carbocycles. The predicted octanol–water partition coefficient (Wildman–Crippen LogP) is 3.36. The summed E-state index contributed by atoms with van der Waals surface area (Å²) in [4.78, 5) is 16.8. The Kier molecular flexibility index (Phi) is 7.81. The van der Waals surface area contributed by atoms with E-state index >= 15 is 0 Å². The van der Waals surface area contributed by atoms with Gasteiger partial charge in [-0.2, -0.15) is 13.2 Å². The first-order chi connectivity index (χ1) is 14.7. The molecule has 0 aromatic heterocycles. The van der Waals surface area contributed by atoms with Gasteiger partial charge in [-0.25, -0.2) is 9.38 Å². The second-order valence-electron chi connectivity index (χ2n) is 6.03. The van der Waals surface area contributed by atoms with Crippen molar-refractivity contribution in [3.63, 3.8) is 0 Å². The van der Waals surface area contributed by atoms with Crippen LogP contribution in [0.1, 0.15) is 5.56 Å². The summed E-state index contributed by atoms with van der Waals surface area (Å²) in [5, 5.41) is 9.22. The zero-order valence-corrected chi connectivity index (χ0v) is 16.3. The second kappa shape index (κ2) is 10.3. The van der Waals surface area contributed by atoms with Gasteiger partial charge in [-0.1, -0.05) is 18.2 Å². The lowest BCUT2D eigenvalue weighted by atomic mass is 10.1. The van der Waals surface area contributed by atoms with Crippen molar-refractivity contribution in [2.75, 3.05) is 7.11 Å². The Morgan fingerprint density at radius 3 is 2.42 bits per heavy atom. The molecule has 0 bridgehead atoms. The van der Waals surface area contributed by atoms with Crippen LogP contribution in [0.15, 0.2) is 77.8 Å². The summed E-state index contributed by atoms with van der Waals surface area (Å²) in [6, 6.07) is 10.5. The predicted molar refractivity (Wildman–Crippen MR) is 108 cm³/mol. The molecule has 0 aliphatic heterocycles. The Labute approximate surface area is 175 Å². The molecular weight excluding hydrogens is 416 g/mol. The number of allylic oxidation sites excluding steroid dienone is 2. The van der Waals surface area contributed by atoms with E-state index in [0.29, 0.717) is 11.8 Å². The number of para-hydroxylation sites is 1. The third-order valence-electron chi connectivity index (χ3n) is 3.93. The molecule has 0 radical (unpaired) electrons. The maximum Gasteiger partial charge on any atom is 0.416 e. The van der Waals surface area contributed by atoms with Gasteiger partial charge in [0.05, 0.1) is 24.1 Å². The molecule has 0 saturated heterocycles. The minimum Gasteiger partial charge on any atom is -0.488 e. The number of nitrogens with zero attached hydrogens (tertiary/aromatic N) is 1. The Morgan fingerprint density at radius 2 is 1.87 bits per heavy atom. The number of carbonyl (C=O) groups is 1. The summed E-state index contributed by atoms with van der Waals surface area (Å²) in [6.07, 6.45) is -1.24. The number of Topliss-reactive ketones (excluding diaryl/α,β-unsaturated/α-hetero) is 1. The zero-order valence-electron chi connectivity index (χ0n) is 16.3. The van der Waals surface area contributed by atoms with Crippen molar-refractivity contribution in [2.45, 2.75) is 6.18 Å². The molecule has 31 heavy (non-hydrogen) atoms. The number of aliphatic imine (C=N–C) groups is 1. The van der Waals surface area contributed by atoms with E-state index in [9.17, 15) is 22.4 Å². The molecule has 6 nitrogen and oxygen atoms in total. The number of ketones is 1. The minimum atomic E-state index is -4.68. The molecule has 0 atom stereocenters. The number of nitrogens with one attached hydrogen (secondary N) is 1. The highest BCUT2D eigenvalue weighted by atomic mass is 19.4. The number of carbonyl (C=O) groups excluding carboxylic acids is 1. The van der Waals surface area contributed by atoms with Crippen molar-refractivity contribution < 1.29 is 32.4 Å². The van der Waals surface area contributed by atoms with Crippen LogP contribution in [0.4, 0.5) is 28.9 Å². The summed E-state index contributed by atoms with van der Waals surface area (Å²) < 4.78 is 56.9. The van der Waals surface area contributed by atoms with E-state index in [1.165, 1.54) is 13.2 Å². The quantitative estimate of drug-likeness (QED) is 0.195. The van der Waals surface area contributed by atoms with Crippen LogP contribution in [-0.2, 0) is 15.7 Å². The Balaban J connectivity index is 2.26. The van der Waals surface area contributed by atoms with Crippen molar-refractivity contribution in [1.29, 1.82) is 5.41 Å². The molecule has 2 rings (SSSR count). The molecule has 0 unspecified atom stereocenters. The highest BCUT2D eigenvalue weighted by Gasteiger charge is 2.31. The van der Waals surface area contributed by atoms with Crippen LogP contribution in [0.2, 0.25) is 0 Å². The average Bonchev–Trinajstić information content (AvgIpc) is 2.74. The Morgan fingerprint density at radius 1 is 1.19 bits per heavy atom. The maximum atomic E-state index is 14.0. The largest absolute Gasteiger partial charge is 0.488 e. The number of alkyl halides is 3. The molecule has 0 saturated carbocycles. The van der Waals surface area contributed by atoms with Crippen molar-refractivity contribution in [1.82, 2.24) is 0 Å². The van der Waals surface area contributed by atoms with E-state index in [1.54, 1.807) is 30.3 Å². The van der Waals surface area contributed by atoms with E-state index in [-0.39, 0.29) is 17.2 Å². The van der Waals surface area contributed by atoms with E-state index in [0.717, 1.165) is 29.8 Å². The van der Waals surface area contributed by atoms with Crippen LogP contribution < -0.4 is 11.1 Å². The topological polar surface area (TPSA) is 105 Å². The summed E-state index contributed by atoms with van der Waals surface area (Å²) in [5.41, 5.74) is 3.95. The van der Waals surface area contributed by atoms with Gasteiger partial charge in [0.2, 0.25) is 5.76 Å². The van der Waals surface area contributed by atoms with Crippen LogP contribution in [-0.4, -0.2) is 24.3 Å². The van der Waals surface area contributed by atoms with Gasteiger partial charge in [-0.3, -0.25) is 15.5 Å². The van der Waals surface area contributed by atoms with Gasteiger partial charge in [0.25, 0.3) is 5.78 Å². The number of nitrogens with two attached hydrogens (primary N) is 2. The summed E-state index contributed by atoms with van der Waals surface area (Å²) in [7, 11) is 1.17. The Bertz CT molecular complexity index is 1050. The standard InChI is InChI=1S/C21H18F4N4O2/c1-31-18(12-28-16-8-7-13(11-15(16)22)21(23,24)25)20(30)19(27)17(9-10-26)29-14-5-3-2-4-6-14/h2-12,27-28H,26H2,1H3/p+1. The van der Waals surface area contributed by atoms with Gasteiger partial charge in [0.1, 0.15) is 11.9 Å². The first kappa shape index (κ1) is 23.5. The van der Waals surface area contributed by atoms with Gasteiger partial charge < -0.3 is 10.5 Å². The third kappa shape index (κ3) is 6.34. The molecular formula is C21H19F4N4O2+. The number of hydrogen-bond donors (Lipinski definition) is 3. The van der Waals surface area contributed by atoms with Gasteiger partial charge in [0.15, 0.2) is 11.5 Å². The van der Waals surface area contributed by atoms with Crippen LogP contribution in [0.5, 0.6) is 0 Å². The van der Waals surface area contributed by atoms with Crippen molar-refractivity contribution in [3.05, 3.63) is 84.1 Å². The number of rotatable bonds is 8. The highest BCUT2D eigenvalue weighted by molar-refractivity contribution is 6.71. The molecule has 2 aromatic carbocycles. The number of hydrogen-bond acceptors (Lipinski definition) is 5. The number of methoxy groups -OCH3 is 1. The van der Waals surface area contributed by atoms with E-state index < -0.39 is 29.1 Å². The van der Waals surface area contributed by atoms with Crippen molar-refractivity contribution >= 4 is 28.6 Å². The van der Waals surface area contributed by atoms with E-state index in [4.69, 9.17) is 15.9 Å². The molecule has 162 valence electrons. The van der Waals surface area contributed by atoms with Crippen molar-refractivity contribution in [2.24, 2.45) is 10.7 Å². The second-order valence-corrected chi connectivity index (χ2v) is 6.03. The van der Waals surface area contributed by atoms with Gasteiger partial charge in [-0.15, -0.1) is 0 Å². The monoisotopic (exact) mass is 435 g/mol. The first-order valence-electron chi connectivity index (χ1n) is 8.78. The summed E-state index contributed by atoms with van der Waals surface area (Å²) in [6.45, 7) is 0. The number of benzene rings is 2. The summed E-state index contributed by atoms with van der Waals surface area (Å²) in [5.74, 6) is -2.34. The lowest BCUT2D eigenvalue weighted by Crippen LogP contribution is -2.72. The van der Waals surface area contributed by atoms with Crippen LogP contribution >= 0.6 is 0 Å². The first-order valence-corrected chi connectivity index (χ1v) is 8.78. The molecule has 0 spiro atoms. The molecule has 0 heterocycles. The van der Waals surface area contributed by atoms with Crippen LogP contribution in [0, 0.1) is 11.2 Å². The molecule has 0 aliphatic rings. The van der Waals surface area contributed by atoms with E-state index in [2.05, 4.69) is 4.99 Å². The van der Waals surface area contributed by atoms with Crippen LogP contribution in [0.25, 0.3) is 0 Å². The average molecular weight is 435 g/mol. The number of ether oxygens (including phenoxy) is 1. The lowest BCUT2D eigenvalue weighted by molar-refractivity contribution is -0.500. The molecule has 2 aromatic rings. The molecule has 0 fully saturated rings. The molecule has 5 N–H and O–H groups in total. The maximum absolute atomic E-state index is 14.0. The van der Waals surface area contributed by atoms with Gasteiger partial charge >= 0.3 is 6.18 Å². The normalized spacial score (nSPS) is 12.8. The fourth-order valence-corrected chi connectivity index (χ4v) is 2.39. The fraction of sp³-hybridized carbons (Fsp3) is 0.0952. The third-order valence-corrected chi connectivity index (χ3v) is 3.93. The fourth-order valence-electron chi connectivity index (χ4n) is 2.39. The smallest absolute Gasteiger partial charge is 0.416 e. The highest BCUT2D eigenvalue weighted by Crippen LogP contribution is 2.30. The number of quaternary nitrogens is 1. The van der Waals surface area contributed by atoms with E-state index in [1.807, 2.05) is 0 Å². The van der Waals surface area contributed by atoms with Gasteiger partial charge in [-0.05, 0) is 36.5 Å². The molecule has 0 amide bonds. The SMILES string of the molecule is COC(=C[NH2+]c1ccc(C(F)(F)F)cc1F)C(=O)C(=N)C(C=CN)=Nc1ccccc1. The van der Waals surface area contributed by atoms with Crippen molar-refractivity contribution in [3.8, 4) is 0 Å².